The summed E-state index contributed by atoms with van der Waals surface area (Å²) in [6.45, 7) is 1.21. The molecule has 1 aromatic rings. The number of methoxy groups -OCH3 is 1. The van der Waals surface area contributed by atoms with Gasteiger partial charge in [0.25, 0.3) is 0 Å². The number of hydrogen-bond donors (Lipinski definition) is 1. The van der Waals surface area contributed by atoms with Crippen molar-refractivity contribution in [2.75, 3.05) is 20.3 Å². The van der Waals surface area contributed by atoms with Crippen LogP contribution in [0.1, 0.15) is 18.9 Å². The predicted molar refractivity (Wildman–Crippen MR) is 72.5 cm³/mol. The van der Waals surface area contributed by atoms with Crippen LogP contribution in [0.15, 0.2) is 18.2 Å². The van der Waals surface area contributed by atoms with Gasteiger partial charge in [-0.1, -0.05) is 6.92 Å². The highest BCUT2D eigenvalue weighted by molar-refractivity contribution is 5.40. The van der Waals surface area contributed by atoms with E-state index >= 15 is 0 Å². The fraction of sp³-hybridized carbons (Fsp3) is 0.571. The van der Waals surface area contributed by atoms with Gasteiger partial charge in [-0.15, -0.1) is 13.2 Å². The van der Waals surface area contributed by atoms with Gasteiger partial charge in [0.05, 0.1) is 13.7 Å². The van der Waals surface area contributed by atoms with Crippen molar-refractivity contribution in [2.45, 2.75) is 32.2 Å². The third-order valence-electron chi connectivity index (χ3n) is 2.88. The molecule has 0 amide bonds. The van der Waals surface area contributed by atoms with Crippen molar-refractivity contribution in [1.29, 1.82) is 0 Å². The van der Waals surface area contributed by atoms with E-state index in [1.165, 1.54) is 7.11 Å². The fourth-order valence-corrected chi connectivity index (χ4v) is 1.72. The van der Waals surface area contributed by atoms with Gasteiger partial charge in [0.2, 0.25) is 0 Å². The molecule has 21 heavy (non-hydrogen) atoms. The zero-order valence-corrected chi connectivity index (χ0v) is 12.1. The zero-order valence-electron chi connectivity index (χ0n) is 12.1. The summed E-state index contributed by atoms with van der Waals surface area (Å²) in [6, 6.07) is 5.06. The Bertz CT molecular complexity index is 438. The highest BCUT2D eigenvalue weighted by Crippen LogP contribution is 2.26. The topological polar surface area (TPSA) is 53.7 Å². The maximum absolute atomic E-state index is 11.9. The lowest BCUT2D eigenvalue weighted by Gasteiger charge is -2.16. The molecule has 1 aromatic carbocycles. The van der Waals surface area contributed by atoms with Crippen LogP contribution in [-0.2, 0) is 11.2 Å². The van der Waals surface area contributed by atoms with Gasteiger partial charge in [-0.25, -0.2) is 0 Å². The average Bonchev–Trinajstić information content (AvgIpc) is 2.43. The summed E-state index contributed by atoms with van der Waals surface area (Å²) in [5.74, 6) is 1.14. The zero-order chi connectivity index (χ0) is 15.9. The van der Waals surface area contributed by atoms with Crippen LogP contribution in [0.25, 0.3) is 0 Å². The average molecular weight is 307 g/mol. The van der Waals surface area contributed by atoms with Crippen molar-refractivity contribution < 1.29 is 27.4 Å². The molecule has 0 saturated carbocycles. The lowest BCUT2D eigenvalue weighted by Crippen LogP contribution is -2.22. The van der Waals surface area contributed by atoms with E-state index in [4.69, 9.17) is 15.2 Å². The van der Waals surface area contributed by atoms with Crippen molar-refractivity contribution in [3.05, 3.63) is 23.8 Å². The number of benzene rings is 1. The minimum atomic E-state index is -4.64. The molecule has 0 aromatic heterocycles. The second kappa shape index (κ2) is 8.09. The van der Waals surface area contributed by atoms with Crippen LogP contribution in [0, 0.1) is 0 Å². The van der Waals surface area contributed by atoms with Crippen LogP contribution in [-0.4, -0.2) is 32.7 Å². The summed E-state index contributed by atoms with van der Waals surface area (Å²) in [4.78, 5) is 0. The largest absolute Gasteiger partial charge is 0.522 e. The Labute approximate surface area is 122 Å². The Hall–Kier alpha value is -1.47. The molecular formula is C14H20F3NO3. The number of ether oxygens (including phenoxy) is 3. The summed E-state index contributed by atoms with van der Waals surface area (Å²) in [7, 11) is 1.54. The molecule has 0 aliphatic rings. The molecule has 2 N–H and O–H groups in total. The van der Waals surface area contributed by atoms with E-state index in [1.54, 1.807) is 18.2 Å². The molecule has 1 rings (SSSR count). The minimum Gasteiger partial charge on any atom is -0.497 e. The Kier molecular flexibility index (Phi) is 6.77. The van der Waals surface area contributed by atoms with Crippen molar-refractivity contribution in [2.24, 2.45) is 5.73 Å². The number of hydrogen-bond acceptors (Lipinski definition) is 4. The van der Waals surface area contributed by atoms with Gasteiger partial charge in [0.15, 0.2) is 0 Å². The van der Waals surface area contributed by atoms with Gasteiger partial charge in [-0.3, -0.25) is 4.74 Å². The molecule has 0 spiro atoms. The molecule has 0 fully saturated rings. The SMILES string of the molecule is CCC(N)Cc1cc(OC)ccc1OCCOC(F)(F)F. The van der Waals surface area contributed by atoms with Gasteiger partial charge in [0, 0.05) is 6.04 Å². The maximum atomic E-state index is 11.9. The van der Waals surface area contributed by atoms with Gasteiger partial charge in [0.1, 0.15) is 18.1 Å². The van der Waals surface area contributed by atoms with E-state index in [2.05, 4.69) is 4.74 Å². The van der Waals surface area contributed by atoms with E-state index in [9.17, 15) is 13.2 Å². The van der Waals surface area contributed by atoms with Crippen LogP contribution in [0.3, 0.4) is 0 Å². The normalized spacial score (nSPS) is 13.0. The minimum absolute atomic E-state index is 0.0501. The van der Waals surface area contributed by atoms with Crippen molar-refractivity contribution in [1.82, 2.24) is 0 Å². The van der Waals surface area contributed by atoms with E-state index in [1.807, 2.05) is 6.92 Å². The highest BCUT2D eigenvalue weighted by atomic mass is 19.4. The molecule has 1 unspecified atom stereocenters. The first-order valence-electron chi connectivity index (χ1n) is 6.61. The third-order valence-corrected chi connectivity index (χ3v) is 2.88. The lowest BCUT2D eigenvalue weighted by atomic mass is 10.0. The summed E-state index contributed by atoms with van der Waals surface area (Å²) in [5, 5.41) is 0. The second-order valence-electron chi connectivity index (χ2n) is 4.49. The first-order chi connectivity index (χ1) is 9.85. The van der Waals surface area contributed by atoms with Crippen molar-refractivity contribution >= 4 is 0 Å². The van der Waals surface area contributed by atoms with E-state index < -0.39 is 13.0 Å². The molecule has 0 radical (unpaired) electrons. The second-order valence-corrected chi connectivity index (χ2v) is 4.49. The predicted octanol–water partition coefficient (Wildman–Crippen LogP) is 2.89. The van der Waals surface area contributed by atoms with Crippen LogP contribution in [0.2, 0.25) is 0 Å². The number of nitrogens with two attached hydrogens (primary N) is 1. The summed E-state index contributed by atoms with van der Waals surface area (Å²) < 4.78 is 49.7. The lowest BCUT2D eigenvalue weighted by molar-refractivity contribution is -0.325. The Morgan fingerprint density at radius 2 is 1.95 bits per heavy atom. The van der Waals surface area contributed by atoms with Gasteiger partial charge in [-0.05, 0) is 36.6 Å². The Morgan fingerprint density at radius 3 is 2.52 bits per heavy atom. The Balaban J connectivity index is 2.66. The van der Waals surface area contributed by atoms with Gasteiger partial charge >= 0.3 is 6.36 Å². The third kappa shape index (κ3) is 6.68. The molecule has 1 atom stereocenters. The molecular weight excluding hydrogens is 287 g/mol. The molecule has 0 heterocycles. The van der Waals surface area contributed by atoms with Crippen molar-refractivity contribution in [3.8, 4) is 11.5 Å². The van der Waals surface area contributed by atoms with Crippen LogP contribution < -0.4 is 15.2 Å². The molecule has 4 nitrogen and oxygen atoms in total. The monoisotopic (exact) mass is 307 g/mol. The molecule has 0 bridgehead atoms. The number of rotatable bonds is 8. The molecule has 120 valence electrons. The molecule has 7 heteroatoms. The van der Waals surface area contributed by atoms with Crippen LogP contribution >= 0.6 is 0 Å². The maximum Gasteiger partial charge on any atom is 0.522 e. The smallest absolute Gasteiger partial charge is 0.497 e. The quantitative estimate of drug-likeness (QED) is 0.750. The first-order valence-corrected chi connectivity index (χ1v) is 6.61. The van der Waals surface area contributed by atoms with Gasteiger partial charge < -0.3 is 15.2 Å². The molecule has 0 saturated heterocycles. The highest BCUT2D eigenvalue weighted by Gasteiger charge is 2.28. The van der Waals surface area contributed by atoms with Gasteiger partial charge in [-0.2, -0.15) is 0 Å². The summed E-state index contributed by atoms with van der Waals surface area (Å²) in [6.07, 6.45) is -3.30. The van der Waals surface area contributed by atoms with Crippen LogP contribution in [0.5, 0.6) is 11.5 Å². The number of halogens is 3. The van der Waals surface area contributed by atoms with E-state index in [-0.39, 0.29) is 12.6 Å². The van der Waals surface area contributed by atoms with Crippen molar-refractivity contribution in [3.63, 3.8) is 0 Å². The summed E-state index contributed by atoms with van der Waals surface area (Å²) >= 11 is 0. The van der Waals surface area contributed by atoms with Crippen LogP contribution in [0.4, 0.5) is 13.2 Å². The number of alkyl halides is 3. The first kappa shape index (κ1) is 17.6. The summed E-state index contributed by atoms with van der Waals surface area (Å²) in [5.41, 5.74) is 6.71. The van der Waals surface area contributed by atoms with E-state index in [0.29, 0.717) is 17.9 Å². The van der Waals surface area contributed by atoms with E-state index in [0.717, 1.165) is 12.0 Å². The molecule has 0 aliphatic heterocycles. The fourth-order valence-electron chi connectivity index (χ4n) is 1.72. The molecule has 0 aliphatic carbocycles. The standard InChI is InChI=1S/C14H20F3NO3/c1-3-11(18)8-10-9-12(19-2)4-5-13(10)20-6-7-21-14(15,16)17/h4-5,9,11H,3,6-8,18H2,1-2H3. The Morgan fingerprint density at radius 1 is 1.24 bits per heavy atom.